The molecule has 112 valence electrons. The number of fused-ring (bicyclic) bond motifs is 1. The summed E-state index contributed by atoms with van der Waals surface area (Å²) < 4.78 is 2.20. The lowest BCUT2D eigenvalue weighted by molar-refractivity contribution is -0.117. The van der Waals surface area contributed by atoms with Gasteiger partial charge in [0.25, 0.3) is 0 Å². The Morgan fingerprint density at radius 3 is 3.05 bits per heavy atom. The number of β-amino-alcohol motifs (C(OH)–C–C–N with tert-alkyl or cyclic N) is 1. The third kappa shape index (κ3) is 2.94. The van der Waals surface area contributed by atoms with Gasteiger partial charge in [-0.2, -0.15) is 0 Å². The van der Waals surface area contributed by atoms with E-state index in [0.717, 1.165) is 24.2 Å². The Bertz CT molecular complexity index is 650. The highest BCUT2D eigenvalue weighted by molar-refractivity contribution is 5.97. The van der Waals surface area contributed by atoms with E-state index in [1.54, 1.807) is 0 Å². The molecule has 1 aliphatic rings. The van der Waals surface area contributed by atoms with Crippen molar-refractivity contribution >= 4 is 22.5 Å². The van der Waals surface area contributed by atoms with Crippen LogP contribution < -0.4 is 10.6 Å². The predicted molar refractivity (Wildman–Crippen MR) is 83.3 cm³/mol. The van der Waals surface area contributed by atoms with Gasteiger partial charge < -0.3 is 20.3 Å². The van der Waals surface area contributed by atoms with Crippen LogP contribution in [-0.4, -0.2) is 34.3 Å². The van der Waals surface area contributed by atoms with E-state index in [-0.39, 0.29) is 11.9 Å². The van der Waals surface area contributed by atoms with E-state index in [4.69, 9.17) is 0 Å². The number of nitrogens with zero attached hydrogens (tertiary/aromatic N) is 1. The molecule has 1 aliphatic heterocycles. The van der Waals surface area contributed by atoms with Gasteiger partial charge in [-0.15, -0.1) is 0 Å². The number of aryl methyl sites for hydroxylation is 1. The van der Waals surface area contributed by atoms with Gasteiger partial charge in [0.1, 0.15) is 0 Å². The number of carbonyl (C=O) groups excluding carboxylic acids is 1. The summed E-state index contributed by atoms with van der Waals surface area (Å²) in [6.45, 7) is 3.60. The number of anilines is 1. The highest BCUT2D eigenvalue weighted by atomic mass is 16.3. The van der Waals surface area contributed by atoms with E-state index in [2.05, 4.69) is 34.4 Å². The molecule has 3 N–H and O–H groups in total. The third-order valence-corrected chi connectivity index (χ3v) is 3.93. The van der Waals surface area contributed by atoms with Crippen LogP contribution in [0.15, 0.2) is 30.5 Å². The van der Waals surface area contributed by atoms with Gasteiger partial charge in [-0.3, -0.25) is 4.79 Å². The molecule has 0 bridgehead atoms. The maximum Gasteiger partial charge on any atom is 0.241 e. The topological polar surface area (TPSA) is 66.3 Å². The molecule has 0 saturated carbocycles. The van der Waals surface area contributed by atoms with Crippen LogP contribution >= 0.6 is 0 Å². The normalized spacial score (nSPS) is 21.8. The number of rotatable bonds is 4. The monoisotopic (exact) mass is 287 g/mol. The van der Waals surface area contributed by atoms with Gasteiger partial charge in [0.15, 0.2) is 0 Å². The molecule has 5 heteroatoms. The molecule has 5 nitrogen and oxygen atoms in total. The number of nitrogens with one attached hydrogen (secondary N) is 2. The van der Waals surface area contributed by atoms with Gasteiger partial charge in [-0.05, 0) is 36.4 Å². The summed E-state index contributed by atoms with van der Waals surface area (Å²) in [6.07, 6.45) is 3.20. The summed E-state index contributed by atoms with van der Waals surface area (Å²) in [5.41, 5.74) is 1.93. The number of aliphatic hydroxyl groups is 1. The average molecular weight is 287 g/mol. The molecule has 2 atom stereocenters. The first-order valence-electron chi connectivity index (χ1n) is 7.48. The molecule has 0 radical (unpaired) electrons. The molecule has 3 rings (SSSR count). The molecule has 2 aromatic rings. The van der Waals surface area contributed by atoms with E-state index in [9.17, 15) is 9.90 Å². The van der Waals surface area contributed by atoms with Crippen LogP contribution in [0.4, 0.5) is 5.69 Å². The number of amides is 1. The molecule has 1 saturated heterocycles. The van der Waals surface area contributed by atoms with Crippen molar-refractivity contribution in [2.45, 2.75) is 38.5 Å². The van der Waals surface area contributed by atoms with E-state index in [1.165, 1.54) is 5.39 Å². The molecule has 1 aromatic heterocycles. The van der Waals surface area contributed by atoms with Crippen LogP contribution in [0.3, 0.4) is 0 Å². The second-order valence-electron chi connectivity index (χ2n) is 5.62. The fraction of sp³-hybridized carbons (Fsp3) is 0.438. The Hall–Kier alpha value is -1.85. The molecular weight excluding hydrogens is 266 g/mol. The molecule has 1 aromatic carbocycles. The molecule has 1 fully saturated rings. The standard InChI is InChI=1S/C16H21N3O2/c1-2-6-19-7-5-11-3-4-12(8-15(11)19)18-16(21)14-9-13(20)10-17-14/h3-5,7-8,13-14,17,20H,2,6,9-10H2,1H3,(H,18,21). The zero-order valence-electron chi connectivity index (χ0n) is 12.2. The van der Waals surface area contributed by atoms with E-state index < -0.39 is 6.10 Å². The quantitative estimate of drug-likeness (QED) is 0.802. The summed E-state index contributed by atoms with van der Waals surface area (Å²) >= 11 is 0. The van der Waals surface area contributed by atoms with Gasteiger partial charge in [0.05, 0.1) is 17.7 Å². The minimum Gasteiger partial charge on any atom is -0.392 e. The van der Waals surface area contributed by atoms with E-state index in [0.29, 0.717) is 13.0 Å². The van der Waals surface area contributed by atoms with Gasteiger partial charge >= 0.3 is 0 Å². The first-order chi connectivity index (χ1) is 10.2. The highest BCUT2D eigenvalue weighted by Gasteiger charge is 2.27. The number of hydrogen-bond acceptors (Lipinski definition) is 3. The number of benzene rings is 1. The van der Waals surface area contributed by atoms with Crippen LogP contribution in [0.2, 0.25) is 0 Å². The Balaban J connectivity index is 1.77. The van der Waals surface area contributed by atoms with Crippen molar-refractivity contribution in [3.8, 4) is 0 Å². The number of carbonyl (C=O) groups is 1. The number of hydrogen-bond donors (Lipinski definition) is 3. The van der Waals surface area contributed by atoms with E-state index >= 15 is 0 Å². The van der Waals surface area contributed by atoms with Crippen LogP contribution in [0.1, 0.15) is 19.8 Å². The lowest BCUT2D eigenvalue weighted by atomic mass is 10.2. The van der Waals surface area contributed by atoms with Crippen LogP contribution in [0.5, 0.6) is 0 Å². The minimum absolute atomic E-state index is 0.0838. The first-order valence-corrected chi connectivity index (χ1v) is 7.48. The van der Waals surface area contributed by atoms with Crippen molar-refractivity contribution in [1.82, 2.24) is 9.88 Å². The van der Waals surface area contributed by atoms with Crippen molar-refractivity contribution in [2.75, 3.05) is 11.9 Å². The number of aliphatic hydroxyl groups excluding tert-OH is 1. The van der Waals surface area contributed by atoms with E-state index in [1.807, 2.05) is 18.2 Å². The second kappa shape index (κ2) is 5.87. The van der Waals surface area contributed by atoms with Crippen LogP contribution in [0.25, 0.3) is 10.9 Å². The van der Waals surface area contributed by atoms with Crippen molar-refractivity contribution in [1.29, 1.82) is 0 Å². The largest absolute Gasteiger partial charge is 0.392 e. The molecule has 0 spiro atoms. The number of aromatic nitrogens is 1. The van der Waals surface area contributed by atoms with Crippen molar-refractivity contribution in [2.24, 2.45) is 0 Å². The fourth-order valence-electron chi connectivity index (χ4n) is 2.84. The fourth-order valence-corrected chi connectivity index (χ4v) is 2.84. The lowest BCUT2D eigenvalue weighted by Gasteiger charge is -2.12. The predicted octanol–water partition coefficient (Wildman–Crippen LogP) is 1.71. The average Bonchev–Trinajstić information content (AvgIpc) is 3.06. The van der Waals surface area contributed by atoms with Crippen LogP contribution in [0, 0.1) is 0 Å². The minimum atomic E-state index is -0.426. The summed E-state index contributed by atoms with van der Waals surface area (Å²) in [6, 6.07) is 7.73. The van der Waals surface area contributed by atoms with Gasteiger partial charge in [-0.25, -0.2) is 0 Å². The molecule has 21 heavy (non-hydrogen) atoms. The third-order valence-electron chi connectivity index (χ3n) is 3.93. The molecular formula is C16H21N3O2. The smallest absolute Gasteiger partial charge is 0.241 e. The van der Waals surface area contributed by atoms with Crippen molar-refractivity contribution < 1.29 is 9.90 Å². The zero-order chi connectivity index (χ0) is 14.8. The molecule has 1 amide bonds. The Morgan fingerprint density at radius 2 is 2.33 bits per heavy atom. The molecule has 0 aliphatic carbocycles. The summed E-state index contributed by atoms with van der Waals surface area (Å²) in [5.74, 6) is -0.0838. The van der Waals surface area contributed by atoms with Gasteiger partial charge in [0.2, 0.25) is 5.91 Å². The second-order valence-corrected chi connectivity index (χ2v) is 5.62. The summed E-state index contributed by atoms with van der Waals surface area (Å²) in [7, 11) is 0. The Morgan fingerprint density at radius 1 is 1.48 bits per heavy atom. The van der Waals surface area contributed by atoms with Crippen LogP contribution in [-0.2, 0) is 11.3 Å². The van der Waals surface area contributed by atoms with Crippen molar-refractivity contribution in [3.63, 3.8) is 0 Å². The molecule has 2 heterocycles. The Kier molecular flexibility index (Phi) is 3.94. The summed E-state index contributed by atoms with van der Waals surface area (Å²) in [5, 5.41) is 16.6. The first kappa shape index (κ1) is 14.1. The van der Waals surface area contributed by atoms with Gasteiger partial charge in [0, 0.05) is 25.0 Å². The zero-order valence-corrected chi connectivity index (χ0v) is 12.2. The maximum atomic E-state index is 12.2. The summed E-state index contributed by atoms with van der Waals surface area (Å²) in [4.78, 5) is 12.2. The lowest BCUT2D eigenvalue weighted by Crippen LogP contribution is -2.35. The molecule has 2 unspecified atom stereocenters. The van der Waals surface area contributed by atoms with Gasteiger partial charge in [-0.1, -0.05) is 13.0 Å². The maximum absolute atomic E-state index is 12.2. The van der Waals surface area contributed by atoms with Crippen molar-refractivity contribution in [3.05, 3.63) is 30.5 Å². The SMILES string of the molecule is CCCn1ccc2ccc(NC(=O)C3CC(O)CN3)cc21. The Labute approximate surface area is 124 Å². The highest BCUT2D eigenvalue weighted by Crippen LogP contribution is 2.21.